The van der Waals surface area contributed by atoms with Gasteiger partial charge in [-0.05, 0) is 12.8 Å². The molecule has 0 radical (unpaired) electrons. The molecule has 3 nitrogen and oxygen atoms in total. The molecule has 0 aliphatic rings. The van der Waals surface area contributed by atoms with Crippen molar-refractivity contribution in [3.63, 3.8) is 0 Å². The fourth-order valence-electron chi connectivity index (χ4n) is 8.33. The van der Waals surface area contributed by atoms with Gasteiger partial charge in [-0.15, -0.1) is 0 Å². The predicted molar refractivity (Wildman–Crippen MR) is 242 cm³/mol. The van der Waals surface area contributed by atoms with Gasteiger partial charge in [0.15, 0.2) is 0 Å². The van der Waals surface area contributed by atoms with Gasteiger partial charge in [0, 0.05) is 19.3 Å². The van der Waals surface area contributed by atoms with Crippen LogP contribution in [0, 0.1) is 0 Å². The second-order valence-electron chi connectivity index (χ2n) is 17.6. The molecule has 0 amide bonds. The maximum atomic E-state index is 4.90. The van der Waals surface area contributed by atoms with Crippen molar-refractivity contribution in [1.29, 1.82) is 0 Å². The fraction of sp³-hybridized carbons (Fsp3) is 0.941. The van der Waals surface area contributed by atoms with Gasteiger partial charge < -0.3 is 0 Å². The second kappa shape index (κ2) is 43.1. The van der Waals surface area contributed by atoms with Crippen LogP contribution in [0.2, 0.25) is 0 Å². The molecule has 0 atom stereocenters. The van der Waals surface area contributed by atoms with E-state index in [2.05, 4.69) is 20.8 Å². The van der Waals surface area contributed by atoms with Crippen molar-refractivity contribution in [2.75, 3.05) is 0 Å². The van der Waals surface area contributed by atoms with Gasteiger partial charge in [-0.2, -0.15) is 0 Å². The SMILES string of the molecule is CCCCCCCCCCCCCCCCCCCCCCCc1nc(CC)nc(CCCCCCCCCCCCCCCCCCCCCCC)n1. The van der Waals surface area contributed by atoms with Gasteiger partial charge in [0.1, 0.15) is 17.5 Å². The van der Waals surface area contributed by atoms with Gasteiger partial charge in [0.25, 0.3) is 0 Å². The molecule has 54 heavy (non-hydrogen) atoms. The van der Waals surface area contributed by atoms with E-state index in [1.54, 1.807) is 0 Å². The number of rotatable bonds is 45. The first-order chi connectivity index (χ1) is 26.8. The highest BCUT2D eigenvalue weighted by Gasteiger charge is 2.06. The van der Waals surface area contributed by atoms with E-state index in [1.165, 1.54) is 270 Å². The summed E-state index contributed by atoms with van der Waals surface area (Å²) >= 11 is 0. The van der Waals surface area contributed by atoms with Gasteiger partial charge in [0.2, 0.25) is 0 Å². The van der Waals surface area contributed by atoms with Crippen LogP contribution in [0.1, 0.15) is 308 Å². The van der Waals surface area contributed by atoms with E-state index < -0.39 is 0 Å². The summed E-state index contributed by atoms with van der Waals surface area (Å²) in [6.07, 6.45) is 63.1. The summed E-state index contributed by atoms with van der Waals surface area (Å²) < 4.78 is 0. The van der Waals surface area contributed by atoms with Gasteiger partial charge >= 0.3 is 0 Å². The standard InChI is InChI=1S/C51H99N3/c1-4-7-9-11-13-15-17-19-21-23-25-27-29-31-33-35-37-39-41-43-45-47-50-52-49(6-3)53-51(54-50)48-46-44-42-40-38-36-34-32-30-28-26-24-22-20-18-16-14-12-10-8-5-2/h4-48H2,1-3H3. The maximum absolute atomic E-state index is 4.90. The van der Waals surface area contributed by atoms with Crippen molar-refractivity contribution in [3.8, 4) is 0 Å². The van der Waals surface area contributed by atoms with Crippen LogP contribution in [0.4, 0.5) is 0 Å². The molecular formula is C51H99N3. The van der Waals surface area contributed by atoms with Crippen molar-refractivity contribution in [2.45, 2.75) is 310 Å². The van der Waals surface area contributed by atoms with E-state index in [0.29, 0.717) is 0 Å². The summed E-state index contributed by atoms with van der Waals surface area (Å²) in [5, 5.41) is 0. The monoisotopic (exact) mass is 754 g/mol. The third-order valence-corrected chi connectivity index (χ3v) is 12.1. The zero-order chi connectivity index (χ0) is 38.7. The normalized spacial score (nSPS) is 11.6. The molecule has 1 aromatic rings. The van der Waals surface area contributed by atoms with Crippen LogP contribution in [0.25, 0.3) is 0 Å². The smallest absolute Gasteiger partial charge is 0.132 e. The Balaban J connectivity index is 1.89. The van der Waals surface area contributed by atoms with E-state index in [-0.39, 0.29) is 0 Å². The Kier molecular flexibility index (Phi) is 40.8. The first-order valence-corrected chi connectivity index (χ1v) is 25.5. The van der Waals surface area contributed by atoms with Crippen molar-refractivity contribution in [3.05, 3.63) is 17.5 Å². The molecule has 0 spiro atoms. The Hall–Kier alpha value is -0.990. The average molecular weight is 754 g/mol. The van der Waals surface area contributed by atoms with Crippen LogP contribution in [0.5, 0.6) is 0 Å². The lowest BCUT2D eigenvalue weighted by Crippen LogP contribution is -2.07. The molecule has 1 aromatic heterocycles. The molecule has 0 aliphatic carbocycles. The highest BCUT2D eigenvalue weighted by Crippen LogP contribution is 2.18. The van der Waals surface area contributed by atoms with E-state index in [1.807, 2.05) is 0 Å². The number of aryl methyl sites for hydroxylation is 3. The topological polar surface area (TPSA) is 38.7 Å². The minimum atomic E-state index is 0.918. The van der Waals surface area contributed by atoms with Crippen LogP contribution in [-0.2, 0) is 19.3 Å². The summed E-state index contributed by atoms with van der Waals surface area (Å²) in [4.78, 5) is 14.5. The van der Waals surface area contributed by atoms with Gasteiger partial charge in [-0.3, -0.25) is 0 Å². The van der Waals surface area contributed by atoms with Gasteiger partial charge in [-0.25, -0.2) is 15.0 Å². The van der Waals surface area contributed by atoms with Crippen LogP contribution in [-0.4, -0.2) is 15.0 Å². The Bertz CT molecular complexity index is 789. The highest BCUT2D eigenvalue weighted by atomic mass is 15.0. The van der Waals surface area contributed by atoms with Crippen molar-refractivity contribution < 1.29 is 0 Å². The number of hydrogen-bond donors (Lipinski definition) is 0. The third kappa shape index (κ3) is 36.6. The quantitative estimate of drug-likeness (QED) is 0.0623. The maximum Gasteiger partial charge on any atom is 0.132 e. The minimum Gasteiger partial charge on any atom is -0.218 e. The highest BCUT2D eigenvalue weighted by molar-refractivity contribution is 4.98. The summed E-state index contributed by atoms with van der Waals surface area (Å²) in [5.74, 6) is 3.11. The van der Waals surface area contributed by atoms with Crippen LogP contribution < -0.4 is 0 Å². The summed E-state index contributed by atoms with van der Waals surface area (Å²) in [7, 11) is 0. The van der Waals surface area contributed by atoms with E-state index in [9.17, 15) is 0 Å². The number of nitrogens with zero attached hydrogens (tertiary/aromatic N) is 3. The molecule has 0 aliphatic heterocycles. The third-order valence-electron chi connectivity index (χ3n) is 12.1. The predicted octanol–water partition coefficient (Wildman–Crippen LogP) is 17.9. The van der Waals surface area contributed by atoms with Crippen LogP contribution in [0.3, 0.4) is 0 Å². The van der Waals surface area contributed by atoms with Crippen LogP contribution >= 0.6 is 0 Å². The Morgan fingerprint density at radius 1 is 0.204 bits per heavy atom. The molecule has 0 saturated heterocycles. The fourth-order valence-corrected chi connectivity index (χ4v) is 8.33. The largest absolute Gasteiger partial charge is 0.218 e. The number of unbranched alkanes of at least 4 members (excludes halogenated alkanes) is 40. The Labute approximate surface area is 341 Å². The second-order valence-corrected chi connectivity index (χ2v) is 17.6. The molecule has 3 heteroatoms. The molecule has 0 bridgehead atoms. The molecule has 318 valence electrons. The molecule has 0 unspecified atom stereocenters. The first kappa shape index (κ1) is 51.0. The Morgan fingerprint density at radius 2 is 0.370 bits per heavy atom. The molecule has 0 saturated carbocycles. The number of aromatic nitrogens is 3. The summed E-state index contributed by atoms with van der Waals surface area (Å²) in [6, 6.07) is 0. The summed E-state index contributed by atoms with van der Waals surface area (Å²) in [5.41, 5.74) is 0. The van der Waals surface area contributed by atoms with E-state index in [4.69, 9.17) is 15.0 Å². The minimum absolute atomic E-state index is 0.918. The molecule has 1 rings (SSSR count). The first-order valence-electron chi connectivity index (χ1n) is 25.5. The zero-order valence-corrected chi connectivity index (χ0v) is 37.7. The molecule has 0 aromatic carbocycles. The lowest BCUT2D eigenvalue weighted by molar-refractivity contribution is 0.519. The molecular weight excluding hydrogens is 655 g/mol. The lowest BCUT2D eigenvalue weighted by Gasteiger charge is -2.07. The number of hydrogen-bond acceptors (Lipinski definition) is 3. The van der Waals surface area contributed by atoms with Crippen molar-refractivity contribution >= 4 is 0 Å². The molecule has 0 N–H and O–H groups in total. The van der Waals surface area contributed by atoms with Crippen LogP contribution in [0.15, 0.2) is 0 Å². The van der Waals surface area contributed by atoms with E-state index in [0.717, 1.165) is 36.7 Å². The van der Waals surface area contributed by atoms with Crippen molar-refractivity contribution in [1.82, 2.24) is 15.0 Å². The van der Waals surface area contributed by atoms with Crippen molar-refractivity contribution in [2.24, 2.45) is 0 Å². The molecule has 1 heterocycles. The average Bonchev–Trinajstić information content (AvgIpc) is 3.19. The Morgan fingerprint density at radius 3 is 0.556 bits per heavy atom. The lowest BCUT2D eigenvalue weighted by atomic mass is 10.0. The summed E-state index contributed by atoms with van der Waals surface area (Å²) in [6.45, 7) is 6.80. The molecule has 0 fully saturated rings. The van der Waals surface area contributed by atoms with Gasteiger partial charge in [-0.1, -0.05) is 278 Å². The zero-order valence-electron chi connectivity index (χ0n) is 37.7. The van der Waals surface area contributed by atoms with Gasteiger partial charge in [0.05, 0.1) is 0 Å². The van der Waals surface area contributed by atoms with E-state index >= 15 is 0 Å².